The van der Waals surface area contributed by atoms with Crippen LogP contribution in [0.5, 0.6) is 0 Å². The van der Waals surface area contributed by atoms with E-state index in [1.807, 2.05) is 0 Å². The second-order valence-corrected chi connectivity index (χ2v) is 4.33. The number of rotatable bonds is 1. The average molecular weight is 165 g/mol. The van der Waals surface area contributed by atoms with Crippen molar-refractivity contribution in [2.24, 2.45) is 5.41 Å². The Hall–Kier alpha value is -0.560. The molecule has 0 saturated carbocycles. The van der Waals surface area contributed by atoms with Crippen molar-refractivity contribution < 1.29 is 0 Å². The van der Waals surface area contributed by atoms with Gasteiger partial charge in [-0.15, -0.1) is 0 Å². The molecule has 1 saturated heterocycles. The van der Waals surface area contributed by atoms with E-state index in [2.05, 4.69) is 38.7 Å². The normalized spacial score (nSPS) is 25.8. The first-order chi connectivity index (χ1) is 5.52. The van der Waals surface area contributed by atoms with Gasteiger partial charge in [-0.2, -0.15) is 0 Å². The van der Waals surface area contributed by atoms with E-state index in [9.17, 15) is 0 Å². The van der Waals surface area contributed by atoms with Crippen LogP contribution in [0.3, 0.4) is 0 Å². The molecule has 1 N–H and O–H groups in total. The minimum absolute atomic E-state index is 0.317. The van der Waals surface area contributed by atoms with Crippen LogP contribution < -0.4 is 5.32 Å². The van der Waals surface area contributed by atoms with E-state index in [0.717, 1.165) is 13.1 Å². The van der Waals surface area contributed by atoms with Crippen LogP contribution in [0.4, 0.5) is 0 Å². The molecule has 0 aromatic heterocycles. The highest BCUT2D eigenvalue weighted by Crippen LogP contribution is 2.31. The zero-order valence-corrected chi connectivity index (χ0v) is 8.41. The summed E-state index contributed by atoms with van der Waals surface area (Å²) in [6.07, 6.45) is 3.40. The van der Waals surface area contributed by atoms with Crippen LogP contribution in [-0.4, -0.2) is 13.1 Å². The van der Waals surface area contributed by atoms with Gasteiger partial charge in [-0.25, -0.2) is 0 Å². The summed E-state index contributed by atoms with van der Waals surface area (Å²) in [6.45, 7) is 12.8. The monoisotopic (exact) mass is 165 g/mol. The summed E-state index contributed by atoms with van der Waals surface area (Å²) in [6, 6.07) is 0. The summed E-state index contributed by atoms with van der Waals surface area (Å²) < 4.78 is 0. The third kappa shape index (κ3) is 2.21. The van der Waals surface area contributed by atoms with Crippen LogP contribution in [-0.2, 0) is 0 Å². The smallest absolute Gasteiger partial charge is 0.00401 e. The molecule has 0 amide bonds. The lowest BCUT2D eigenvalue weighted by molar-refractivity contribution is 0.357. The van der Waals surface area contributed by atoms with Crippen molar-refractivity contribution in [3.8, 4) is 0 Å². The minimum atomic E-state index is 0.317. The highest BCUT2D eigenvalue weighted by Gasteiger charge is 2.25. The van der Waals surface area contributed by atoms with Gasteiger partial charge in [-0.1, -0.05) is 37.6 Å². The Labute approximate surface area is 75.6 Å². The summed E-state index contributed by atoms with van der Waals surface area (Å²) >= 11 is 0. The highest BCUT2D eigenvalue weighted by atomic mass is 14.9. The van der Waals surface area contributed by atoms with Crippen LogP contribution in [0.1, 0.15) is 27.2 Å². The predicted molar refractivity (Wildman–Crippen MR) is 54.2 cm³/mol. The molecular weight excluding hydrogens is 146 g/mol. The summed E-state index contributed by atoms with van der Waals surface area (Å²) in [5.41, 5.74) is 3.02. The van der Waals surface area contributed by atoms with Gasteiger partial charge in [-0.05, 0) is 25.3 Å². The van der Waals surface area contributed by atoms with Gasteiger partial charge in [0.2, 0.25) is 0 Å². The topological polar surface area (TPSA) is 12.0 Å². The Balaban J connectivity index is 2.79. The molecule has 0 aromatic rings. The number of allylic oxidation sites excluding steroid dienone is 2. The van der Waals surface area contributed by atoms with Crippen LogP contribution in [0.2, 0.25) is 0 Å². The fourth-order valence-corrected chi connectivity index (χ4v) is 1.64. The van der Waals surface area contributed by atoms with Crippen molar-refractivity contribution in [3.05, 3.63) is 23.8 Å². The first-order valence-electron chi connectivity index (χ1n) is 4.60. The molecule has 0 aliphatic carbocycles. The van der Waals surface area contributed by atoms with Gasteiger partial charge in [0.25, 0.3) is 0 Å². The summed E-state index contributed by atoms with van der Waals surface area (Å²) in [7, 11) is 0. The summed E-state index contributed by atoms with van der Waals surface area (Å²) in [4.78, 5) is 0. The Morgan fingerprint density at radius 3 is 2.75 bits per heavy atom. The van der Waals surface area contributed by atoms with Crippen molar-refractivity contribution in [2.75, 3.05) is 13.1 Å². The Kier molecular flexibility index (Phi) is 2.73. The molecule has 0 unspecified atom stereocenters. The molecule has 1 nitrogen and oxygen atoms in total. The number of piperidine rings is 1. The Bertz CT molecular complexity index is 211. The van der Waals surface area contributed by atoms with E-state index in [1.165, 1.54) is 17.6 Å². The van der Waals surface area contributed by atoms with Gasteiger partial charge >= 0.3 is 0 Å². The maximum absolute atomic E-state index is 3.92. The van der Waals surface area contributed by atoms with Crippen LogP contribution in [0.15, 0.2) is 23.8 Å². The lowest BCUT2D eigenvalue weighted by Gasteiger charge is -2.33. The molecule has 1 heteroatoms. The van der Waals surface area contributed by atoms with Gasteiger partial charge < -0.3 is 5.32 Å². The molecule has 0 atom stereocenters. The van der Waals surface area contributed by atoms with E-state index < -0.39 is 0 Å². The maximum atomic E-state index is 3.92. The molecule has 1 aliphatic heterocycles. The molecule has 0 spiro atoms. The van der Waals surface area contributed by atoms with Crippen molar-refractivity contribution >= 4 is 0 Å². The molecule has 1 heterocycles. The number of hydrogen-bond acceptors (Lipinski definition) is 1. The quantitative estimate of drug-likeness (QED) is 0.629. The molecule has 12 heavy (non-hydrogen) atoms. The fourth-order valence-electron chi connectivity index (χ4n) is 1.64. The lowest BCUT2D eigenvalue weighted by atomic mass is 9.79. The maximum Gasteiger partial charge on any atom is 0.00401 e. The first-order valence-corrected chi connectivity index (χ1v) is 4.60. The molecule has 1 fully saturated rings. The highest BCUT2D eigenvalue weighted by molar-refractivity contribution is 5.25. The van der Waals surface area contributed by atoms with Crippen LogP contribution >= 0.6 is 0 Å². The lowest BCUT2D eigenvalue weighted by Crippen LogP contribution is -2.37. The Morgan fingerprint density at radius 1 is 1.58 bits per heavy atom. The van der Waals surface area contributed by atoms with E-state index in [1.54, 1.807) is 0 Å². The van der Waals surface area contributed by atoms with E-state index >= 15 is 0 Å². The third-order valence-electron chi connectivity index (χ3n) is 2.43. The van der Waals surface area contributed by atoms with Crippen LogP contribution in [0, 0.1) is 5.41 Å². The molecule has 1 rings (SSSR count). The SMILES string of the molecule is C=C(C)/C=C1/CCNCC1(C)C. The van der Waals surface area contributed by atoms with Crippen molar-refractivity contribution in [2.45, 2.75) is 27.2 Å². The van der Waals surface area contributed by atoms with Gasteiger partial charge in [0.1, 0.15) is 0 Å². The summed E-state index contributed by atoms with van der Waals surface area (Å²) in [5.74, 6) is 0. The van der Waals surface area contributed by atoms with Gasteiger partial charge in [0, 0.05) is 6.54 Å². The molecule has 68 valence electrons. The van der Waals surface area contributed by atoms with E-state index in [0.29, 0.717) is 5.41 Å². The average Bonchev–Trinajstić information content (AvgIpc) is 1.92. The van der Waals surface area contributed by atoms with Crippen LogP contribution in [0.25, 0.3) is 0 Å². The van der Waals surface area contributed by atoms with Crippen molar-refractivity contribution in [3.63, 3.8) is 0 Å². The van der Waals surface area contributed by atoms with Crippen molar-refractivity contribution in [1.82, 2.24) is 5.32 Å². The zero-order chi connectivity index (χ0) is 9.19. The molecule has 0 aromatic carbocycles. The van der Waals surface area contributed by atoms with Gasteiger partial charge in [0.05, 0.1) is 0 Å². The number of nitrogens with one attached hydrogen (secondary N) is 1. The predicted octanol–water partition coefficient (Wildman–Crippen LogP) is 2.51. The van der Waals surface area contributed by atoms with Gasteiger partial charge in [-0.3, -0.25) is 0 Å². The zero-order valence-electron chi connectivity index (χ0n) is 8.41. The minimum Gasteiger partial charge on any atom is -0.316 e. The largest absolute Gasteiger partial charge is 0.316 e. The second kappa shape index (κ2) is 3.44. The molecular formula is C11H19N. The van der Waals surface area contributed by atoms with E-state index in [4.69, 9.17) is 0 Å². The summed E-state index contributed by atoms with van der Waals surface area (Å²) in [5, 5.41) is 3.41. The number of hydrogen-bond donors (Lipinski definition) is 1. The fraction of sp³-hybridized carbons (Fsp3) is 0.636. The second-order valence-electron chi connectivity index (χ2n) is 4.33. The Morgan fingerprint density at radius 2 is 2.25 bits per heavy atom. The molecule has 1 aliphatic rings. The third-order valence-corrected chi connectivity index (χ3v) is 2.43. The standard InChI is InChI=1S/C11H19N/c1-9(2)7-10-5-6-12-8-11(10,3)4/h7,12H,1,5-6,8H2,2-4H3/b10-7-. The molecule has 0 radical (unpaired) electrons. The first kappa shape index (κ1) is 9.53. The van der Waals surface area contributed by atoms with E-state index in [-0.39, 0.29) is 0 Å². The molecule has 0 bridgehead atoms. The van der Waals surface area contributed by atoms with Gasteiger partial charge in [0.15, 0.2) is 0 Å². The van der Waals surface area contributed by atoms with Crippen molar-refractivity contribution in [1.29, 1.82) is 0 Å².